The molecule has 0 saturated carbocycles. The molecular weight excluding hydrogens is 371 g/mol. The summed E-state index contributed by atoms with van der Waals surface area (Å²) in [6, 6.07) is 5.07. The van der Waals surface area contributed by atoms with Gasteiger partial charge in [0.1, 0.15) is 0 Å². The summed E-state index contributed by atoms with van der Waals surface area (Å²) in [5.74, 6) is -0.673. The van der Waals surface area contributed by atoms with Crippen LogP contribution in [0.3, 0.4) is 0 Å². The standard InChI is InChI=1S/C16H16Cl2N2O3S/c1-9(2)14(21)19-6-7-20-15(22)12(24-16(20)23)8-10-4-3-5-11(17)13(10)18/h3-5,8-9H,6-7H2,1-2H3,(H,19,21)/b12-8-. The molecule has 0 radical (unpaired) electrons. The Hall–Kier alpha value is -1.50. The Bertz CT molecular complexity index is 719. The molecule has 24 heavy (non-hydrogen) atoms. The number of hydrogen-bond acceptors (Lipinski definition) is 4. The van der Waals surface area contributed by atoms with Crippen LogP contribution in [-0.2, 0) is 9.59 Å². The second-order valence-corrected chi connectivity index (χ2v) is 7.20. The van der Waals surface area contributed by atoms with E-state index >= 15 is 0 Å². The quantitative estimate of drug-likeness (QED) is 0.781. The number of nitrogens with one attached hydrogen (secondary N) is 1. The van der Waals surface area contributed by atoms with E-state index in [1.54, 1.807) is 38.1 Å². The van der Waals surface area contributed by atoms with Gasteiger partial charge in [-0.2, -0.15) is 0 Å². The maximum Gasteiger partial charge on any atom is 0.293 e. The Morgan fingerprint density at radius 1 is 1.33 bits per heavy atom. The SMILES string of the molecule is CC(C)C(=O)NCCN1C(=O)S/C(=C\c2cccc(Cl)c2Cl)C1=O. The number of benzene rings is 1. The normalized spacial score (nSPS) is 16.4. The third-order valence-electron chi connectivity index (χ3n) is 3.30. The van der Waals surface area contributed by atoms with Crippen LogP contribution in [-0.4, -0.2) is 35.0 Å². The van der Waals surface area contributed by atoms with E-state index in [9.17, 15) is 14.4 Å². The molecule has 0 unspecified atom stereocenters. The zero-order valence-corrected chi connectivity index (χ0v) is 15.5. The molecule has 1 aliphatic rings. The van der Waals surface area contributed by atoms with Crippen LogP contribution in [0.15, 0.2) is 23.1 Å². The van der Waals surface area contributed by atoms with Crippen molar-refractivity contribution in [3.8, 4) is 0 Å². The van der Waals surface area contributed by atoms with E-state index in [1.807, 2.05) is 0 Å². The summed E-state index contributed by atoms with van der Waals surface area (Å²) in [6.07, 6.45) is 1.55. The largest absolute Gasteiger partial charge is 0.354 e. The second kappa shape index (κ2) is 8.05. The number of amides is 3. The minimum Gasteiger partial charge on any atom is -0.354 e. The Morgan fingerprint density at radius 3 is 2.71 bits per heavy atom. The van der Waals surface area contributed by atoms with Crippen molar-refractivity contribution in [3.63, 3.8) is 0 Å². The van der Waals surface area contributed by atoms with E-state index in [4.69, 9.17) is 23.2 Å². The Balaban J connectivity index is 2.07. The molecule has 1 aromatic carbocycles. The zero-order valence-electron chi connectivity index (χ0n) is 13.1. The fraction of sp³-hybridized carbons (Fsp3) is 0.312. The van der Waals surface area contributed by atoms with Crippen molar-refractivity contribution in [2.45, 2.75) is 13.8 Å². The highest BCUT2D eigenvalue weighted by atomic mass is 35.5. The topological polar surface area (TPSA) is 66.5 Å². The molecule has 128 valence electrons. The maximum absolute atomic E-state index is 12.4. The van der Waals surface area contributed by atoms with Crippen molar-refractivity contribution < 1.29 is 14.4 Å². The summed E-state index contributed by atoms with van der Waals surface area (Å²) >= 11 is 12.9. The number of thioether (sulfide) groups is 1. The van der Waals surface area contributed by atoms with Crippen molar-refractivity contribution in [1.29, 1.82) is 0 Å². The third kappa shape index (κ3) is 4.32. The van der Waals surface area contributed by atoms with Gasteiger partial charge in [0.15, 0.2) is 0 Å². The summed E-state index contributed by atoms with van der Waals surface area (Å²) in [7, 11) is 0. The number of carbonyl (C=O) groups is 3. The lowest BCUT2D eigenvalue weighted by molar-refractivity contribution is -0.125. The molecule has 1 fully saturated rings. The van der Waals surface area contributed by atoms with Crippen LogP contribution in [0.2, 0.25) is 10.0 Å². The van der Waals surface area contributed by atoms with Gasteiger partial charge in [-0.1, -0.05) is 49.2 Å². The zero-order chi connectivity index (χ0) is 17.9. The van der Waals surface area contributed by atoms with Crippen LogP contribution in [0.1, 0.15) is 19.4 Å². The van der Waals surface area contributed by atoms with Gasteiger partial charge in [-0.15, -0.1) is 0 Å². The van der Waals surface area contributed by atoms with Crippen LogP contribution in [0.5, 0.6) is 0 Å². The summed E-state index contributed by atoms with van der Waals surface area (Å²) in [6.45, 7) is 3.89. The van der Waals surface area contributed by atoms with E-state index in [1.165, 1.54) is 0 Å². The van der Waals surface area contributed by atoms with E-state index in [0.717, 1.165) is 16.7 Å². The Morgan fingerprint density at radius 2 is 2.04 bits per heavy atom. The predicted molar refractivity (Wildman–Crippen MR) is 97.0 cm³/mol. The molecular formula is C16H16Cl2N2O3S. The summed E-state index contributed by atoms with van der Waals surface area (Å²) < 4.78 is 0. The molecule has 8 heteroatoms. The summed E-state index contributed by atoms with van der Waals surface area (Å²) in [5.41, 5.74) is 0.572. The molecule has 0 aliphatic carbocycles. The first-order valence-electron chi connectivity index (χ1n) is 7.28. The molecule has 0 aromatic heterocycles. The molecule has 1 heterocycles. The molecule has 5 nitrogen and oxygen atoms in total. The minimum atomic E-state index is -0.403. The average molecular weight is 387 g/mol. The number of nitrogens with zero attached hydrogens (tertiary/aromatic N) is 1. The number of imide groups is 1. The third-order valence-corrected chi connectivity index (χ3v) is 5.04. The van der Waals surface area contributed by atoms with Crippen LogP contribution in [0, 0.1) is 5.92 Å². The number of hydrogen-bond donors (Lipinski definition) is 1. The van der Waals surface area contributed by atoms with Crippen LogP contribution >= 0.6 is 35.0 Å². The molecule has 3 amide bonds. The highest BCUT2D eigenvalue weighted by Gasteiger charge is 2.34. The van der Waals surface area contributed by atoms with Crippen LogP contribution < -0.4 is 5.32 Å². The molecule has 1 saturated heterocycles. The van der Waals surface area contributed by atoms with Gasteiger partial charge in [0.2, 0.25) is 5.91 Å². The van der Waals surface area contributed by atoms with E-state index in [-0.39, 0.29) is 35.1 Å². The smallest absolute Gasteiger partial charge is 0.293 e. The highest BCUT2D eigenvalue weighted by molar-refractivity contribution is 8.18. The molecule has 2 rings (SSSR count). The molecule has 1 aliphatic heterocycles. The van der Waals surface area contributed by atoms with Crippen molar-refractivity contribution in [3.05, 3.63) is 38.7 Å². The highest BCUT2D eigenvalue weighted by Crippen LogP contribution is 2.34. The molecule has 1 aromatic rings. The van der Waals surface area contributed by atoms with Crippen LogP contribution in [0.4, 0.5) is 4.79 Å². The molecule has 1 N–H and O–H groups in total. The first-order chi connectivity index (χ1) is 11.3. The van der Waals surface area contributed by atoms with Gasteiger partial charge in [-0.25, -0.2) is 0 Å². The lowest BCUT2D eigenvalue weighted by Gasteiger charge is -2.13. The lowest BCUT2D eigenvalue weighted by Crippen LogP contribution is -2.38. The first kappa shape index (κ1) is 18.8. The van der Waals surface area contributed by atoms with Crippen molar-refractivity contribution >= 4 is 58.1 Å². The van der Waals surface area contributed by atoms with Gasteiger partial charge < -0.3 is 5.32 Å². The summed E-state index contributed by atoms with van der Waals surface area (Å²) in [4.78, 5) is 37.3. The van der Waals surface area contributed by atoms with Crippen molar-refractivity contribution in [2.24, 2.45) is 5.92 Å². The van der Waals surface area contributed by atoms with Gasteiger partial charge in [-0.3, -0.25) is 19.3 Å². The number of halogens is 2. The van der Waals surface area contributed by atoms with Gasteiger partial charge in [-0.05, 0) is 29.5 Å². The lowest BCUT2D eigenvalue weighted by atomic mass is 10.2. The Labute approximate surface area is 154 Å². The van der Waals surface area contributed by atoms with E-state index < -0.39 is 5.91 Å². The molecule has 0 spiro atoms. The number of rotatable bonds is 5. The van der Waals surface area contributed by atoms with Crippen LogP contribution in [0.25, 0.3) is 6.08 Å². The maximum atomic E-state index is 12.4. The fourth-order valence-electron chi connectivity index (χ4n) is 1.96. The monoisotopic (exact) mass is 386 g/mol. The van der Waals surface area contributed by atoms with Gasteiger partial charge in [0.25, 0.3) is 11.1 Å². The van der Waals surface area contributed by atoms with Crippen molar-refractivity contribution in [1.82, 2.24) is 10.2 Å². The predicted octanol–water partition coefficient (Wildman–Crippen LogP) is 3.80. The fourth-order valence-corrected chi connectivity index (χ4v) is 3.18. The van der Waals surface area contributed by atoms with Crippen molar-refractivity contribution in [2.75, 3.05) is 13.1 Å². The molecule has 0 atom stereocenters. The van der Waals surface area contributed by atoms with E-state index in [2.05, 4.69) is 5.32 Å². The van der Waals surface area contributed by atoms with Gasteiger partial charge in [0.05, 0.1) is 15.0 Å². The Kier molecular flexibility index (Phi) is 6.32. The second-order valence-electron chi connectivity index (χ2n) is 5.42. The van der Waals surface area contributed by atoms with Gasteiger partial charge >= 0.3 is 0 Å². The molecule has 0 bridgehead atoms. The first-order valence-corrected chi connectivity index (χ1v) is 8.85. The number of carbonyl (C=O) groups excluding carboxylic acids is 3. The summed E-state index contributed by atoms with van der Waals surface area (Å²) in [5, 5.41) is 3.01. The van der Waals surface area contributed by atoms with E-state index in [0.29, 0.717) is 15.6 Å². The van der Waals surface area contributed by atoms with Gasteiger partial charge in [0, 0.05) is 19.0 Å². The minimum absolute atomic E-state index is 0.122. The average Bonchev–Trinajstić information content (AvgIpc) is 2.79.